The van der Waals surface area contributed by atoms with Crippen molar-refractivity contribution in [2.24, 2.45) is 0 Å². The molecule has 3 nitrogen and oxygen atoms in total. The zero-order valence-electron chi connectivity index (χ0n) is 9.36. The topological polar surface area (TPSA) is 34.2 Å². The zero-order valence-corrected chi connectivity index (χ0v) is 10.2. The number of benzene rings is 1. The highest BCUT2D eigenvalue weighted by molar-refractivity contribution is 7.15. The van der Waals surface area contributed by atoms with Crippen molar-refractivity contribution in [3.63, 3.8) is 0 Å². The van der Waals surface area contributed by atoms with Gasteiger partial charge in [0.25, 0.3) is 0 Å². The summed E-state index contributed by atoms with van der Waals surface area (Å²) in [4.78, 5) is 5.64. The second-order valence-electron chi connectivity index (χ2n) is 3.36. The highest BCUT2D eigenvalue weighted by Gasteiger charge is 2.08. The molecule has 0 atom stereocenters. The first-order chi connectivity index (χ1) is 7.85. The van der Waals surface area contributed by atoms with E-state index in [0.717, 1.165) is 22.9 Å². The monoisotopic (exact) mass is 234 g/mol. The van der Waals surface area contributed by atoms with E-state index in [9.17, 15) is 0 Å². The first kappa shape index (κ1) is 11.1. The average Bonchev–Trinajstić information content (AvgIpc) is 2.78. The van der Waals surface area contributed by atoms with Crippen molar-refractivity contribution >= 4 is 11.3 Å². The van der Waals surface area contributed by atoms with Crippen LogP contribution in [0.2, 0.25) is 0 Å². The molecule has 0 radical (unpaired) electrons. The van der Waals surface area contributed by atoms with E-state index in [1.165, 1.54) is 4.88 Å². The summed E-state index contributed by atoms with van der Waals surface area (Å²) in [5.74, 6) is 0.868. The Morgan fingerprint density at radius 1 is 1.38 bits per heavy atom. The second-order valence-corrected chi connectivity index (χ2v) is 4.48. The summed E-state index contributed by atoms with van der Waals surface area (Å²) in [5, 5.41) is 4.12. The molecule has 1 N–H and O–H groups in total. The maximum Gasteiger partial charge on any atom is 0.129 e. The third-order valence-electron chi connectivity index (χ3n) is 2.24. The lowest BCUT2D eigenvalue weighted by Crippen LogP contribution is -2.02. The largest absolute Gasteiger partial charge is 0.496 e. The van der Waals surface area contributed by atoms with Gasteiger partial charge >= 0.3 is 0 Å². The Labute approximate surface area is 99.1 Å². The van der Waals surface area contributed by atoms with Gasteiger partial charge in [0.15, 0.2) is 0 Å². The summed E-state index contributed by atoms with van der Waals surface area (Å²) in [5.41, 5.74) is 1.05. The van der Waals surface area contributed by atoms with E-state index in [-0.39, 0.29) is 0 Å². The number of thiazole rings is 1. The first-order valence-corrected chi connectivity index (χ1v) is 5.89. The number of para-hydroxylation sites is 1. The number of hydrogen-bond donors (Lipinski definition) is 1. The van der Waals surface area contributed by atoms with Gasteiger partial charge in [0.1, 0.15) is 10.8 Å². The minimum Gasteiger partial charge on any atom is -0.496 e. The highest BCUT2D eigenvalue weighted by Crippen LogP contribution is 2.32. The van der Waals surface area contributed by atoms with Crippen molar-refractivity contribution in [2.75, 3.05) is 14.2 Å². The molecule has 16 heavy (non-hydrogen) atoms. The van der Waals surface area contributed by atoms with Crippen molar-refractivity contribution in [1.82, 2.24) is 10.3 Å². The molecule has 0 spiro atoms. The molecule has 4 heteroatoms. The van der Waals surface area contributed by atoms with E-state index in [2.05, 4.69) is 10.3 Å². The average molecular weight is 234 g/mol. The van der Waals surface area contributed by atoms with Crippen molar-refractivity contribution < 1.29 is 4.74 Å². The van der Waals surface area contributed by atoms with Crippen LogP contribution in [-0.2, 0) is 6.54 Å². The van der Waals surface area contributed by atoms with Crippen LogP contribution in [0.1, 0.15) is 4.88 Å². The van der Waals surface area contributed by atoms with Crippen LogP contribution in [0.3, 0.4) is 0 Å². The number of rotatable bonds is 4. The quantitative estimate of drug-likeness (QED) is 0.882. The molecule has 1 aromatic heterocycles. The molecule has 0 saturated heterocycles. The molecule has 0 bridgehead atoms. The Morgan fingerprint density at radius 2 is 2.19 bits per heavy atom. The van der Waals surface area contributed by atoms with Gasteiger partial charge in [-0.25, -0.2) is 4.98 Å². The van der Waals surface area contributed by atoms with Crippen LogP contribution >= 0.6 is 11.3 Å². The number of nitrogens with zero attached hydrogens (tertiary/aromatic N) is 1. The number of hydrogen-bond acceptors (Lipinski definition) is 4. The molecular weight excluding hydrogens is 220 g/mol. The molecule has 0 aliphatic heterocycles. The van der Waals surface area contributed by atoms with Gasteiger partial charge in [-0.2, -0.15) is 0 Å². The summed E-state index contributed by atoms with van der Waals surface area (Å²) in [6.07, 6.45) is 1.91. The molecule has 0 unspecified atom stereocenters. The lowest BCUT2D eigenvalue weighted by molar-refractivity contribution is 0.416. The lowest BCUT2D eigenvalue weighted by atomic mass is 10.2. The van der Waals surface area contributed by atoms with Crippen molar-refractivity contribution in [3.05, 3.63) is 35.3 Å². The second kappa shape index (κ2) is 5.09. The molecule has 0 aliphatic rings. The Bertz CT molecular complexity index is 468. The van der Waals surface area contributed by atoms with Crippen LogP contribution in [0, 0.1) is 0 Å². The molecule has 0 fully saturated rings. The van der Waals surface area contributed by atoms with Crippen molar-refractivity contribution in [2.45, 2.75) is 6.54 Å². The summed E-state index contributed by atoms with van der Waals surface area (Å²) >= 11 is 1.69. The summed E-state index contributed by atoms with van der Waals surface area (Å²) in [7, 11) is 3.61. The minimum absolute atomic E-state index is 0.854. The molecular formula is C12H14N2OS. The normalized spacial score (nSPS) is 10.4. The summed E-state index contributed by atoms with van der Waals surface area (Å²) in [6.45, 7) is 0.854. The van der Waals surface area contributed by atoms with Gasteiger partial charge in [0.05, 0.1) is 12.7 Å². The third kappa shape index (κ3) is 2.23. The molecule has 0 aliphatic carbocycles. The Kier molecular flexibility index (Phi) is 3.54. The maximum atomic E-state index is 5.32. The Balaban J connectivity index is 2.34. The fraction of sp³-hybridized carbons (Fsp3) is 0.250. The van der Waals surface area contributed by atoms with Gasteiger partial charge in [-0.3, -0.25) is 0 Å². The predicted molar refractivity (Wildman–Crippen MR) is 66.9 cm³/mol. The van der Waals surface area contributed by atoms with Crippen LogP contribution in [0.25, 0.3) is 10.6 Å². The van der Waals surface area contributed by atoms with Gasteiger partial charge in [0.2, 0.25) is 0 Å². The standard InChI is InChI=1S/C12H14N2OS/c1-13-7-9-8-14-12(16-9)10-5-3-4-6-11(10)15-2/h3-6,8,13H,7H2,1-2H3. The SMILES string of the molecule is CNCc1cnc(-c2ccccc2OC)s1. The van der Waals surface area contributed by atoms with E-state index in [4.69, 9.17) is 4.74 Å². The molecule has 2 rings (SSSR count). The lowest BCUT2D eigenvalue weighted by Gasteiger charge is -2.04. The van der Waals surface area contributed by atoms with Crippen molar-refractivity contribution in [3.8, 4) is 16.3 Å². The number of nitrogens with one attached hydrogen (secondary N) is 1. The summed E-state index contributed by atoms with van der Waals surface area (Å²) in [6, 6.07) is 7.94. The van der Waals surface area contributed by atoms with Crippen LogP contribution in [0.4, 0.5) is 0 Å². The van der Waals surface area contributed by atoms with Gasteiger partial charge < -0.3 is 10.1 Å². The van der Waals surface area contributed by atoms with Crippen LogP contribution in [0.15, 0.2) is 30.5 Å². The third-order valence-corrected chi connectivity index (χ3v) is 3.27. The van der Waals surface area contributed by atoms with E-state index in [0.29, 0.717) is 0 Å². The molecule has 1 aromatic carbocycles. The van der Waals surface area contributed by atoms with Gasteiger partial charge in [-0.05, 0) is 19.2 Å². The highest BCUT2D eigenvalue weighted by atomic mass is 32.1. The van der Waals surface area contributed by atoms with E-state index < -0.39 is 0 Å². The first-order valence-electron chi connectivity index (χ1n) is 5.08. The van der Waals surface area contributed by atoms with Gasteiger partial charge in [-0.15, -0.1) is 11.3 Å². The smallest absolute Gasteiger partial charge is 0.129 e. The number of aromatic nitrogens is 1. The molecule has 0 amide bonds. The van der Waals surface area contributed by atoms with E-state index >= 15 is 0 Å². The Morgan fingerprint density at radius 3 is 2.94 bits per heavy atom. The molecule has 84 valence electrons. The van der Waals surface area contributed by atoms with Gasteiger partial charge in [0, 0.05) is 17.6 Å². The van der Waals surface area contributed by atoms with Crippen LogP contribution in [0.5, 0.6) is 5.75 Å². The molecule has 2 aromatic rings. The van der Waals surface area contributed by atoms with E-state index in [1.54, 1.807) is 18.4 Å². The van der Waals surface area contributed by atoms with Crippen LogP contribution < -0.4 is 10.1 Å². The van der Waals surface area contributed by atoms with Crippen LogP contribution in [-0.4, -0.2) is 19.1 Å². The zero-order chi connectivity index (χ0) is 11.4. The molecule has 1 heterocycles. The maximum absolute atomic E-state index is 5.32. The van der Waals surface area contributed by atoms with Gasteiger partial charge in [-0.1, -0.05) is 12.1 Å². The Hall–Kier alpha value is -1.39. The number of ether oxygens (including phenoxy) is 1. The van der Waals surface area contributed by atoms with Crippen molar-refractivity contribution in [1.29, 1.82) is 0 Å². The van der Waals surface area contributed by atoms with E-state index in [1.807, 2.05) is 37.5 Å². The fourth-order valence-corrected chi connectivity index (χ4v) is 2.46. The fourth-order valence-electron chi connectivity index (χ4n) is 1.51. The minimum atomic E-state index is 0.854. The predicted octanol–water partition coefficient (Wildman–Crippen LogP) is 2.54. The summed E-state index contributed by atoms with van der Waals surface area (Å²) < 4.78 is 5.32. The number of methoxy groups -OCH3 is 1. The molecule has 0 saturated carbocycles.